The molecule has 0 N–H and O–H groups in total. The lowest BCUT2D eigenvalue weighted by Crippen LogP contribution is -2.28. The maximum atomic E-state index is 12.6. The van der Waals surface area contributed by atoms with Crippen LogP contribution in [-0.2, 0) is 21.4 Å². The van der Waals surface area contributed by atoms with Gasteiger partial charge in [-0.25, -0.2) is 13.2 Å². The van der Waals surface area contributed by atoms with Crippen LogP contribution in [0.2, 0.25) is 0 Å². The third kappa shape index (κ3) is 3.93. The maximum absolute atomic E-state index is 12.6. The van der Waals surface area contributed by atoms with Gasteiger partial charge in [-0.05, 0) is 48.7 Å². The summed E-state index contributed by atoms with van der Waals surface area (Å²) >= 11 is 0. The molecule has 0 saturated carbocycles. The molecule has 0 bridgehead atoms. The van der Waals surface area contributed by atoms with Crippen molar-refractivity contribution in [1.82, 2.24) is 4.31 Å². The average molecular weight is 370 g/mol. The Balaban J connectivity index is 1.73. The number of rotatable bonds is 5. The second kappa shape index (κ2) is 7.68. The molecule has 0 spiro atoms. The van der Waals surface area contributed by atoms with E-state index in [1.165, 1.54) is 28.6 Å². The van der Waals surface area contributed by atoms with Crippen molar-refractivity contribution >= 4 is 16.0 Å². The number of nitriles is 1. The Morgan fingerprint density at radius 2 is 1.85 bits per heavy atom. The maximum Gasteiger partial charge on any atom is 0.338 e. The van der Waals surface area contributed by atoms with E-state index in [1.54, 1.807) is 24.3 Å². The zero-order valence-electron chi connectivity index (χ0n) is 14.1. The van der Waals surface area contributed by atoms with Crippen molar-refractivity contribution in [3.05, 3.63) is 65.2 Å². The molecule has 1 aliphatic heterocycles. The first-order valence-corrected chi connectivity index (χ1v) is 9.71. The van der Waals surface area contributed by atoms with Crippen molar-refractivity contribution in [3.8, 4) is 6.07 Å². The van der Waals surface area contributed by atoms with Gasteiger partial charge >= 0.3 is 5.97 Å². The van der Waals surface area contributed by atoms with Crippen molar-refractivity contribution in [2.75, 3.05) is 13.1 Å². The molecule has 1 saturated heterocycles. The summed E-state index contributed by atoms with van der Waals surface area (Å²) in [5.41, 5.74) is 1.36. The van der Waals surface area contributed by atoms with E-state index in [9.17, 15) is 13.2 Å². The number of hydrogen-bond donors (Lipinski definition) is 0. The van der Waals surface area contributed by atoms with Crippen LogP contribution >= 0.6 is 0 Å². The fraction of sp³-hybridized carbons (Fsp3) is 0.263. The smallest absolute Gasteiger partial charge is 0.338 e. The normalized spacial score (nSPS) is 14.7. The number of carbonyl (C=O) groups excluding carboxylic acids is 1. The van der Waals surface area contributed by atoms with Crippen molar-refractivity contribution in [1.29, 1.82) is 5.26 Å². The van der Waals surface area contributed by atoms with E-state index in [1.807, 2.05) is 6.07 Å². The van der Waals surface area contributed by atoms with Gasteiger partial charge in [0.2, 0.25) is 10.0 Å². The van der Waals surface area contributed by atoms with E-state index in [-0.39, 0.29) is 17.1 Å². The van der Waals surface area contributed by atoms with Crippen LogP contribution < -0.4 is 0 Å². The van der Waals surface area contributed by atoms with Gasteiger partial charge in [-0.3, -0.25) is 0 Å². The number of esters is 1. The lowest BCUT2D eigenvalue weighted by molar-refractivity contribution is 0.0472. The predicted octanol–water partition coefficient (Wildman–Crippen LogP) is 2.70. The molecular weight excluding hydrogens is 352 g/mol. The highest BCUT2D eigenvalue weighted by molar-refractivity contribution is 7.89. The van der Waals surface area contributed by atoms with E-state index in [0.29, 0.717) is 24.2 Å². The highest BCUT2D eigenvalue weighted by Gasteiger charge is 2.27. The Morgan fingerprint density at radius 1 is 1.12 bits per heavy atom. The zero-order valence-corrected chi connectivity index (χ0v) is 14.9. The van der Waals surface area contributed by atoms with Crippen LogP contribution in [0.3, 0.4) is 0 Å². The van der Waals surface area contributed by atoms with Crippen LogP contribution in [0, 0.1) is 11.3 Å². The highest BCUT2D eigenvalue weighted by atomic mass is 32.2. The molecule has 6 nitrogen and oxygen atoms in total. The van der Waals surface area contributed by atoms with Crippen molar-refractivity contribution < 1.29 is 17.9 Å². The molecule has 1 aliphatic rings. The van der Waals surface area contributed by atoms with Gasteiger partial charge in [-0.15, -0.1) is 0 Å². The minimum atomic E-state index is -3.58. The van der Waals surface area contributed by atoms with Crippen LogP contribution in [0.15, 0.2) is 53.4 Å². The summed E-state index contributed by atoms with van der Waals surface area (Å²) in [6.07, 6.45) is 1.70. The molecule has 134 valence electrons. The van der Waals surface area contributed by atoms with Crippen LogP contribution in [0.4, 0.5) is 0 Å². The highest BCUT2D eigenvalue weighted by Crippen LogP contribution is 2.22. The predicted molar refractivity (Wildman–Crippen MR) is 94.7 cm³/mol. The van der Waals surface area contributed by atoms with E-state index >= 15 is 0 Å². The van der Waals surface area contributed by atoms with Gasteiger partial charge in [-0.2, -0.15) is 9.57 Å². The lowest BCUT2D eigenvalue weighted by atomic mass is 10.1. The van der Waals surface area contributed by atoms with Crippen LogP contribution in [0.25, 0.3) is 0 Å². The molecule has 26 heavy (non-hydrogen) atoms. The van der Waals surface area contributed by atoms with Crippen molar-refractivity contribution in [3.63, 3.8) is 0 Å². The van der Waals surface area contributed by atoms with Crippen LogP contribution in [0.5, 0.6) is 0 Å². The van der Waals surface area contributed by atoms with E-state index < -0.39 is 16.0 Å². The number of nitrogens with zero attached hydrogens (tertiary/aromatic N) is 2. The topological polar surface area (TPSA) is 87.5 Å². The molecule has 0 aliphatic carbocycles. The largest absolute Gasteiger partial charge is 0.457 e. The van der Waals surface area contributed by atoms with Gasteiger partial charge in [-0.1, -0.05) is 18.2 Å². The Morgan fingerprint density at radius 3 is 2.58 bits per heavy atom. The number of sulfonamides is 1. The van der Waals surface area contributed by atoms with Gasteiger partial charge in [0.25, 0.3) is 0 Å². The number of carbonyl (C=O) groups is 1. The molecule has 0 unspecified atom stereocenters. The summed E-state index contributed by atoms with van der Waals surface area (Å²) in [4.78, 5) is 12.4. The molecule has 0 aromatic heterocycles. The van der Waals surface area contributed by atoms with Crippen LogP contribution in [0.1, 0.15) is 34.3 Å². The quantitative estimate of drug-likeness (QED) is 0.755. The lowest BCUT2D eigenvalue weighted by Gasteiger charge is -2.15. The SMILES string of the molecule is N#Cc1cccc(COC(=O)c2cccc(S(=O)(=O)N3CCCC3)c2)c1. The van der Waals surface area contributed by atoms with Crippen molar-refractivity contribution in [2.45, 2.75) is 24.3 Å². The van der Waals surface area contributed by atoms with Crippen LogP contribution in [-0.4, -0.2) is 31.8 Å². The van der Waals surface area contributed by atoms with E-state index in [4.69, 9.17) is 10.00 Å². The summed E-state index contributed by atoms with van der Waals surface area (Å²) in [5.74, 6) is -0.606. The molecule has 1 fully saturated rings. The fourth-order valence-corrected chi connectivity index (χ4v) is 4.39. The second-order valence-corrected chi connectivity index (χ2v) is 7.97. The van der Waals surface area contributed by atoms with Gasteiger partial charge in [0, 0.05) is 13.1 Å². The molecule has 1 heterocycles. The monoisotopic (exact) mass is 370 g/mol. The van der Waals surface area contributed by atoms with Gasteiger partial charge in [0.1, 0.15) is 6.61 Å². The Bertz CT molecular complexity index is 957. The van der Waals surface area contributed by atoms with Gasteiger partial charge < -0.3 is 4.74 Å². The van der Waals surface area contributed by atoms with E-state index in [2.05, 4.69) is 0 Å². The van der Waals surface area contributed by atoms with Gasteiger partial charge in [0.15, 0.2) is 0 Å². The summed E-state index contributed by atoms with van der Waals surface area (Å²) < 4.78 is 31.9. The van der Waals surface area contributed by atoms with Crippen molar-refractivity contribution in [2.24, 2.45) is 0 Å². The minimum Gasteiger partial charge on any atom is -0.457 e. The Kier molecular flexibility index (Phi) is 5.35. The molecule has 7 heteroatoms. The third-order valence-corrected chi connectivity index (χ3v) is 6.09. The number of benzene rings is 2. The molecule has 2 aromatic rings. The molecule has 3 rings (SSSR count). The second-order valence-electron chi connectivity index (χ2n) is 6.03. The Labute approximate surface area is 152 Å². The third-order valence-electron chi connectivity index (χ3n) is 4.20. The van der Waals surface area contributed by atoms with E-state index in [0.717, 1.165) is 12.8 Å². The summed E-state index contributed by atoms with van der Waals surface area (Å²) in [7, 11) is -3.58. The summed E-state index contributed by atoms with van der Waals surface area (Å²) in [6, 6.07) is 14.7. The molecule has 0 amide bonds. The summed E-state index contributed by atoms with van der Waals surface area (Å²) in [6.45, 7) is 1.02. The standard InChI is InChI=1S/C19H18N2O4S/c20-13-15-5-3-6-16(11-15)14-25-19(22)17-7-4-8-18(12-17)26(23,24)21-9-1-2-10-21/h3-8,11-12H,1-2,9-10,14H2. The minimum absolute atomic E-state index is 0.0114. The number of ether oxygens (including phenoxy) is 1. The summed E-state index contributed by atoms with van der Waals surface area (Å²) in [5, 5.41) is 8.90. The fourth-order valence-electron chi connectivity index (χ4n) is 2.82. The first-order chi connectivity index (χ1) is 12.5. The molecule has 0 radical (unpaired) electrons. The number of hydrogen-bond acceptors (Lipinski definition) is 5. The average Bonchev–Trinajstić information content (AvgIpc) is 3.22. The molecule has 2 aromatic carbocycles. The first kappa shape index (κ1) is 18.1. The molecular formula is C19H18N2O4S. The first-order valence-electron chi connectivity index (χ1n) is 8.27. The zero-order chi connectivity index (χ0) is 18.6. The molecule has 0 atom stereocenters. The van der Waals surface area contributed by atoms with Gasteiger partial charge in [0.05, 0.1) is 22.1 Å². The Hall–Kier alpha value is -2.69.